The lowest BCUT2D eigenvalue weighted by atomic mass is 10.1. The molecule has 3 heteroatoms. The second-order valence-electron chi connectivity index (χ2n) is 5.13. The van der Waals surface area contributed by atoms with Gasteiger partial charge in [0.1, 0.15) is 0 Å². The van der Waals surface area contributed by atoms with Gasteiger partial charge in [-0.3, -0.25) is 4.79 Å². The van der Waals surface area contributed by atoms with Gasteiger partial charge in [0.2, 0.25) is 5.91 Å². The van der Waals surface area contributed by atoms with Crippen LogP contribution in [-0.4, -0.2) is 30.4 Å². The van der Waals surface area contributed by atoms with E-state index in [4.69, 9.17) is 0 Å². The van der Waals surface area contributed by atoms with Crippen molar-refractivity contribution < 1.29 is 4.79 Å². The highest BCUT2D eigenvalue weighted by molar-refractivity contribution is 5.78. The number of carbonyl (C=O) groups excluding carboxylic acids is 1. The first-order valence-electron chi connectivity index (χ1n) is 6.47. The first-order valence-corrected chi connectivity index (χ1v) is 6.47. The number of rotatable bonds is 5. The molecular formula is C15H24N2O. The van der Waals surface area contributed by atoms with Crippen molar-refractivity contribution >= 4 is 5.91 Å². The smallest absolute Gasteiger partial charge is 0.236 e. The van der Waals surface area contributed by atoms with Crippen molar-refractivity contribution in [3.05, 3.63) is 35.4 Å². The number of carbonyl (C=O) groups is 1. The van der Waals surface area contributed by atoms with Crippen molar-refractivity contribution in [1.29, 1.82) is 0 Å². The molecule has 100 valence electrons. The van der Waals surface area contributed by atoms with Gasteiger partial charge in [-0.15, -0.1) is 0 Å². The van der Waals surface area contributed by atoms with E-state index in [-0.39, 0.29) is 11.9 Å². The van der Waals surface area contributed by atoms with Gasteiger partial charge < -0.3 is 10.2 Å². The lowest BCUT2D eigenvalue weighted by Crippen LogP contribution is -2.39. The van der Waals surface area contributed by atoms with Crippen molar-refractivity contribution in [3.8, 4) is 0 Å². The van der Waals surface area contributed by atoms with Crippen LogP contribution in [0.25, 0.3) is 0 Å². The average molecular weight is 248 g/mol. The zero-order valence-electron chi connectivity index (χ0n) is 12.0. The number of nitrogens with zero attached hydrogens (tertiary/aromatic N) is 1. The second-order valence-corrected chi connectivity index (χ2v) is 5.13. The van der Waals surface area contributed by atoms with E-state index < -0.39 is 0 Å². The molecule has 1 rings (SSSR count). The maximum absolute atomic E-state index is 12.0. The number of aryl methyl sites for hydroxylation is 1. The van der Waals surface area contributed by atoms with E-state index in [2.05, 4.69) is 43.4 Å². The number of hydrogen-bond acceptors (Lipinski definition) is 2. The Morgan fingerprint density at radius 3 is 2.28 bits per heavy atom. The standard InChI is InChI=1S/C15H24N2O/c1-11(2)16-10-15(18)17(5)13(4)14-8-6-12(3)7-9-14/h6-9,11,13,16H,10H2,1-5H3. The monoisotopic (exact) mass is 248 g/mol. The molecule has 3 nitrogen and oxygen atoms in total. The molecule has 0 aliphatic carbocycles. The highest BCUT2D eigenvalue weighted by Gasteiger charge is 2.16. The number of amides is 1. The fraction of sp³-hybridized carbons (Fsp3) is 0.533. The molecule has 1 aromatic rings. The second kappa shape index (κ2) is 6.55. The summed E-state index contributed by atoms with van der Waals surface area (Å²) in [5, 5.41) is 3.15. The molecule has 0 aromatic heterocycles. The molecule has 0 saturated carbocycles. The van der Waals surface area contributed by atoms with Crippen LogP contribution in [0.4, 0.5) is 0 Å². The Hall–Kier alpha value is -1.35. The molecule has 18 heavy (non-hydrogen) atoms. The van der Waals surface area contributed by atoms with Crippen LogP contribution in [0.5, 0.6) is 0 Å². The van der Waals surface area contributed by atoms with E-state index in [1.165, 1.54) is 11.1 Å². The number of likely N-dealkylation sites (N-methyl/N-ethyl adjacent to an activating group) is 1. The lowest BCUT2D eigenvalue weighted by Gasteiger charge is -2.26. The predicted molar refractivity (Wildman–Crippen MR) is 75.5 cm³/mol. The van der Waals surface area contributed by atoms with Gasteiger partial charge in [0, 0.05) is 13.1 Å². The van der Waals surface area contributed by atoms with Gasteiger partial charge in [0.15, 0.2) is 0 Å². The summed E-state index contributed by atoms with van der Waals surface area (Å²) in [6.45, 7) is 8.59. The summed E-state index contributed by atoms with van der Waals surface area (Å²) < 4.78 is 0. The maximum atomic E-state index is 12.0. The van der Waals surface area contributed by atoms with Gasteiger partial charge in [-0.25, -0.2) is 0 Å². The Morgan fingerprint density at radius 1 is 1.22 bits per heavy atom. The third-order valence-electron chi connectivity index (χ3n) is 3.20. The molecule has 1 unspecified atom stereocenters. The van der Waals surface area contributed by atoms with Crippen molar-refractivity contribution in [1.82, 2.24) is 10.2 Å². The Labute approximate surface area is 110 Å². The normalized spacial score (nSPS) is 12.6. The van der Waals surface area contributed by atoms with Crippen LogP contribution in [0.15, 0.2) is 24.3 Å². The summed E-state index contributed by atoms with van der Waals surface area (Å²) in [6.07, 6.45) is 0. The lowest BCUT2D eigenvalue weighted by molar-refractivity contribution is -0.130. The fourth-order valence-electron chi connectivity index (χ4n) is 1.70. The minimum atomic E-state index is 0.104. The fourth-order valence-corrected chi connectivity index (χ4v) is 1.70. The van der Waals surface area contributed by atoms with Crippen molar-refractivity contribution in [3.63, 3.8) is 0 Å². The summed E-state index contributed by atoms with van der Waals surface area (Å²) in [5.41, 5.74) is 2.41. The van der Waals surface area contributed by atoms with E-state index >= 15 is 0 Å². The summed E-state index contributed by atoms with van der Waals surface area (Å²) in [6, 6.07) is 8.76. The Balaban J connectivity index is 2.62. The van der Waals surface area contributed by atoms with Crippen LogP contribution in [0.3, 0.4) is 0 Å². The third kappa shape index (κ3) is 4.15. The number of hydrogen-bond donors (Lipinski definition) is 1. The summed E-state index contributed by atoms with van der Waals surface area (Å²) in [7, 11) is 1.86. The minimum Gasteiger partial charge on any atom is -0.338 e. The first kappa shape index (κ1) is 14.7. The summed E-state index contributed by atoms with van der Waals surface area (Å²) in [4.78, 5) is 13.8. The SMILES string of the molecule is Cc1ccc(C(C)N(C)C(=O)CNC(C)C)cc1. The van der Waals surface area contributed by atoms with E-state index in [1.807, 2.05) is 20.9 Å². The van der Waals surface area contributed by atoms with Gasteiger partial charge in [0.25, 0.3) is 0 Å². The summed E-state index contributed by atoms with van der Waals surface area (Å²) >= 11 is 0. The van der Waals surface area contributed by atoms with Gasteiger partial charge in [-0.05, 0) is 19.4 Å². The first-order chi connectivity index (χ1) is 8.41. The van der Waals surface area contributed by atoms with Crippen molar-refractivity contribution in [2.75, 3.05) is 13.6 Å². The molecular weight excluding hydrogens is 224 g/mol. The molecule has 0 heterocycles. The van der Waals surface area contributed by atoms with E-state index in [0.29, 0.717) is 12.6 Å². The van der Waals surface area contributed by atoms with Crippen molar-refractivity contribution in [2.45, 2.75) is 39.8 Å². The Morgan fingerprint density at radius 2 is 1.78 bits per heavy atom. The average Bonchev–Trinajstić information content (AvgIpc) is 2.35. The maximum Gasteiger partial charge on any atom is 0.236 e. The molecule has 0 spiro atoms. The zero-order chi connectivity index (χ0) is 13.7. The molecule has 0 saturated heterocycles. The number of nitrogens with one attached hydrogen (secondary N) is 1. The molecule has 0 bridgehead atoms. The summed E-state index contributed by atoms with van der Waals surface area (Å²) in [5.74, 6) is 0.122. The molecule has 0 aliphatic rings. The van der Waals surface area contributed by atoms with E-state index in [9.17, 15) is 4.79 Å². The van der Waals surface area contributed by atoms with Crippen molar-refractivity contribution in [2.24, 2.45) is 0 Å². The topological polar surface area (TPSA) is 32.3 Å². The quantitative estimate of drug-likeness (QED) is 0.868. The molecule has 0 radical (unpaired) electrons. The molecule has 0 fully saturated rings. The van der Waals surface area contributed by atoms with Crippen LogP contribution < -0.4 is 5.32 Å². The van der Waals surface area contributed by atoms with E-state index in [0.717, 1.165) is 0 Å². The zero-order valence-corrected chi connectivity index (χ0v) is 12.0. The van der Waals surface area contributed by atoms with Gasteiger partial charge in [-0.2, -0.15) is 0 Å². The van der Waals surface area contributed by atoms with E-state index in [1.54, 1.807) is 4.90 Å². The molecule has 1 N–H and O–H groups in total. The predicted octanol–water partition coefficient (Wildman–Crippen LogP) is 2.51. The largest absolute Gasteiger partial charge is 0.338 e. The minimum absolute atomic E-state index is 0.104. The van der Waals surface area contributed by atoms with Crippen LogP contribution in [0, 0.1) is 6.92 Å². The Bertz CT molecular complexity index is 384. The van der Waals surface area contributed by atoms with Crippen LogP contribution in [0.1, 0.15) is 37.9 Å². The van der Waals surface area contributed by atoms with Crippen LogP contribution in [-0.2, 0) is 4.79 Å². The molecule has 1 atom stereocenters. The van der Waals surface area contributed by atoms with Gasteiger partial charge in [0.05, 0.1) is 12.6 Å². The highest BCUT2D eigenvalue weighted by Crippen LogP contribution is 2.18. The van der Waals surface area contributed by atoms with Gasteiger partial charge >= 0.3 is 0 Å². The van der Waals surface area contributed by atoms with Crippen LogP contribution in [0.2, 0.25) is 0 Å². The number of benzene rings is 1. The molecule has 0 aliphatic heterocycles. The van der Waals surface area contributed by atoms with Gasteiger partial charge in [-0.1, -0.05) is 43.7 Å². The molecule has 1 amide bonds. The third-order valence-corrected chi connectivity index (χ3v) is 3.20. The molecule has 1 aromatic carbocycles. The highest BCUT2D eigenvalue weighted by atomic mass is 16.2. The Kier molecular flexibility index (Phi) is 5.35. The van der Waals surface area contributed by atoms with Crippen LogP contribution >= 0.6 is 0 Å².